The van der Waals surface area contributed by atoms with Crippen molar-refractivity contribution in [2.45, 2.75) is 13.3 Å². The molecule has 1 atom stereocenters. The fourth-order valence-corrected chi connectivity index (χ4v) is 2.49. The van der Waals surface area contributed by atoms with Gasteiger partial charge in [0.25, 0.3) is 0 Å². The molecule has 72 valence electrons. The predicted octanol–water partition coefficient (Wildman–Crippen LogP) is 0.474. The normalized spacial score (nSPS) is 15.9. The second-order valence-corrected chi connectivity index (χ2v) is 4.57. The van der Waals surface area contributed by atoms with Gasteiger partial charge in [-0.3, -0.25) is 4.79 Å². The van der Waals surface area contributed by atoms with Crippen molar-refractivity contribution in [1.82, 2.24) is 0 Å². The molecule has 0 aliphatic heterocycles. The SMILES string of the molecule is CC(CCBr)(C[SH](=O)=O)C(=O)O. The Morgan fingerprint density at radius 3 is 2.33 bits per heavy atom. The van der Waals surface area contributed by atoms with Crippen molar-refractivity contribution in [3.05, 3.63) is 0 Å². The highest BCUT2D eigenvalue weighted by Gasteiger charge is 2.33. The molecule has 0 rings (SSSR count). The van der Waals surface area contributed by atoms with Gasteiger partial charge in [0.15, 0.2) is 0 Å². The Kier molecular flexibility index (Phi) is 4.77. The maximum Gasteiger partial charge on any atom is 0.310 e. The quantitative estimate of drug-likeness (QED) is 0.556. The maximum absolute atomic E-state index is 10.7. The van der Waals surface area contributed by atoms with Gasteiger partial charge in [0.2, 0.25) is 0 Å². The van der Waals surface area contributed by atoms with Crippen molar-refractivity contribution in [1.29, 1.82) is 0 Å². The zero-order valence-corrected chi connectivity index (χ0v) is 9.10. The minimum Gasteiger partial charge on any atom is -0.481 e. The Labute approximate surface area is 81.0 Å². The van der Waals surface area contributed by atoms with Crippen LogP contribution in [0.1, 0.15) is 13.3 Å². The van der Waals surface area contributed by atoms with Gasteiger partial charge in [-0.05, 0) is 13.3 Å². The third-order valence-corrected chi connectivity index (χ3v) is 2.99. The molecule has 0 radical (unpaired) electrons. The number of halogens is 1. The van der Waals surface area contributed by atoms with E-state index in [0.717, 1.165) is 0 Å². The van der Waals surface area contributed by atoms with E-state index in [1.54, 1.807) is 0 Å². The van der Waals surface area contributed by atoms with Crippen LogP contribution in [0.15, 0.2) is 0 Å². The second-order valence-electron chi connectivity index (χ2n) is 2.80. The number of alkyl halides is 1. The molecule has 0 fully saturated rings. The van der Waals surface area contributed by atoms with Crippen molar-refractivity contribution >= 4 is 32.6 Å². The molecule has 6 heteroatoms. The van der Waals surface area contributed by atoms with E-state index in [2.05, 4.69) is 15.9 Å². The highest BCUT2D eigenvalue weighted by Crippen LogP contribution is 2.22. The zero-order chi connectivity index (χ0) is 9.78. The number of thiol groups is 1. The monoisotopic (exact) mass is 258 g/mol. The van der Waals surface area contributed by atoms with Gasteiger partial charge in [-0.2, -0.15) is 0 Å². The first-order chi connectivity index (χ1) is 5.42. The molecule has 1 unspecified atom stereocenters. The summed E-state index contributed by atoms with van der Waals surface area (Å²) in [7, 11) is -2.63. The lowest BCUT2D eigenvalue weighted by molar-refractivity contribution is -0.146. The van der Waals surface area contributed by atoms with E-state index in [0.29, 0.717) is 11.8 Å². The molecule has 0 aliphatic rings. The average Bonchev–Trinajstić information content (AvgIpc) is 1.85. The summed E-state index contributed by atoms with van der Waals surface area (Å²) in [5.41, 5.74) is -1.15. The summed E-state index contributed by atoms with van der Waals surface area (Å²) in [5.74, 6) is -1.37. The van der Waals surface area contributed by atoms with Crippen LogP contribution in [0.3, 0.4) is 0 Å². The molecular formula is C6H11BrO4S. The molecule has 4 nitrogen and oxygen atoms in total. The van der Waals surface area contributed by atoms with Gasteiger partial charge in [0, 0.05) is 5.33 Å². The highest BCUT2D eigenvalue weighted by molar-refractivity contribution is 9.09. The molecule has 12 heavy (non-hydrogen) atoms. The van der Waals surface area contributed by atoms with Crippen molar-refractivity contribution in [3.63, 3.8) is 0 Å². The molecule has 0 saturated carbocycles. The topological polar surface area (TPSA) is 71.4 Å². The number of hydrogen-bond acceptors (Lipinski definition) is 3. The zero-order valence-electron chi connectivity index (χ0n) is 6.62. The van der Waals surface area contributed by atoms with Crippen molar-refractivity contribution in [3.8, 4) is 0 Å². The first-order valence-corrected chi connectivity index (χ1v) is 5.82. The van der Waals surface area contributed by atoms with Crippen molar-refractivity contribution in [2.75, 3.05) is 11.1 Å². The number of hydrogen-bond donors (Lipinski definition) is 2. The van der Waals surface area contributed by atoms with E-state index >= 15 is 0 Å². The summed E-state index contributed by atoms with van der Waals surface area (Å²) in [5, 5.41) is 9.21. The van der Waals surface area contributed by atoms with Gasteiger partial charge in [-0.25, -0.2) is 8.42 Å². The fraction of sp³-hybridized carbons (Fsp3) is 0.833. The van der Waals surface area contributed by atoms with Gasteiger partial charge in [-0.1, -0.05) is 15.9 Å². The average molecular weight is 259 g/mol. The maximum atomic E-state index is 10.7. The minimum atomic E-state index is -2.63. The molecule has 0 amide bonds. The highest BCUT2D eigenvalue weighted by atomic mass is 79.9. The van der Waals surface area contributed by atoms with Gasteiger partial charge >= 0.3 is 5.97 Å². The lowest BCUT2D eigenvalue weighted by Gasteiger charge is -2.20. The Morgan fingerprint density at radius 2 is 2.08 bits per heavy atom. The standard InChI is InChI=1S/C6H11BrO4S/c1-6(2-3-7,5(8)9)4-12(10)11/h12H,2-4H2,1H3,(H,8,9). The number of aliphatic carboxylic acids is 1. The summed E-state index contributed by atoms with van der Waals surface area (Å²) in [6.07, 6.45) is 0.311. The molecule has 0 bridgehead atoms. The summed E-state index contributed by atoms with van der Waals surface area (Å²) in [6, 6.07) is 0. The molecule has 0 spiro atoms. The van der Waals surface area contributed by atoms with E-state index in [4.69, 9.17) is 5.11 Å². The summed E-state index contributed by atoms with van der Waals surface area (Å²) in [4.78, 5) is 10.7. The number of carbonyl (C=O) groups is 1. The van der Waals surface area contributed by atoms with Crippen LogP contribution in [-0.2, 0) is 15.5 Å². The third kappa shape index (κ3) is 3.53. The largest absolute Gasteiger partial charge is 0.481 e. The fourth-order valence-electron chi connectivity index (χ4n) is 0.747. The molecule has 0 heterocycles. The third-order valence-electron chi connectivity index (χ3n) is 1.64. The number of carboxylic acid groups (broad SMARTS) is 1. The van der Waals surface area contributed by atoms with Crippen LogP contribution in [0.4, 0.5) is 0 Å². The first-order valence-electron chi connectivity index (χ1n) is 3.33. The molecule has 0 aromatic heterocycles. The lowest BCUT2D eigenvalue weighted by atomic mass is 9.90. The van der Waals surface area contributed by atoms with Crippen LogP contribution in [0.2, 0.25) is 0 Å². The lowest BCUT2D eigenvalue weighted by Crippen LogP contribution is -2.32. The molecule has 0 aromatic rings. The number of rotatable bonds is 5. The van der Waals surface area contributed by atoms with Crippen LogP contribution < -0.4 is 0 Å². The first kappa shape index (κ1) is 11.9. The molecule has 1 N–H and O–H groups in total. The Morgan fingerprint density at radius 1 is 1.58 bits per heavy atom. The smallest absolute Gasteiger partial charge is 0.310 e. The van der Waals surface area contributed by atoms with Crippen LogP contribution in [0.25, 0.3) is 0 Å². The molecule has 0 saturated heterocycles. The van der Waals surface area contributed by atoms with E-state index in [1.165, 1.54) is 6.92 Å². The Hall–Kier alpha value is -0.100. The van der Waals surface area contributed by atoms with E-state index in [1.807, 2.05) is 0 Å². The Bertz CT molecular complexity index is 230. The van der Waals surface area contributed by atoms with Crippen molar-refractivity contribution < 1.29 is 18.3 Å². The van der Waals surface area contributed by atoms with E-state index in [9.17, 15) is 13.2 Å². The Balaban J connectivity index is 4.49. The van der Waals surface area contributed by atoms with Gasteiger partial charge in [0.05, 0.1) is 11.2 Å². The van der Waals surface area contributed by atoms with Crippen LogP contribution in [0, 0.1) is 5.41 Å². The van der Waals surface area contributed by atoms with Crippen LogP contribution in [-0.4, -0.2) is 30.6 Å². The van der Waals surface area contributed by atoms with Crippen LogP contribution >= 0.6 is 15.9 Å². The summed E-state index contributed by atoms with van der Waals surface area (Å²) < 4.78 is 20.7. The second kappa shape index (κ2) is 4.81. The number of carboxylic acids is 1. The van der Waals surface area contributed by atoms with Gasteiger partial charge < -0.3 is 5.11 Å². The molecule has 0 aliphatic carbocycles. The van der Waals surface area contributed by atoms with Gasteiger partial charge in [-0.15, -0.1) is 0 Å². The van der Waals surface area contributed by atoms with Crippen LogP contribution in [0.5, 0.6) is 0 Å². The van der Waals surface area contributed by atoms with E-state index in [-0.39, 0.29) is 5.75 Å². The summed E-state index contributed by atoms with van der Waals surface area (Å²) >= 11 is 3.08. The molecule has 0 aromatic carbocycles. The summed E-state index contributed by atoms with van der Waals surface area (Å²) in [6.45, 7) is 1.43. The minimum absolute atomic E-state index is 0.302. The van der Waals surface area contributed by atoms with Crippen molar-refractivity contribution in [2.24, 2.45) is 5.41 Å². The van der Waals surface area contributed by atoms with Gasteiger partial charge in [0.1, 0.15) is 10.7 Å². The van der Waals surface area contributed by atoms with E-state index < -0.39 is 22.1 Å². The molecular weight excluding hydrogens is 248 g/mol. The predicted molar refractivity (Wildman–Crippen MR) is 49.3 cm³/mol.